The Hall–Kier alpha value is -1.57. The third-order valence-corrected chi connectivity index (χ3v) is 6.97. The van der Waals surface area contributed by atoms with Gasteiger partial charge in [0.1, 0.15) is 16.7 Å². The van der Waals surface area contributed by atoms with E-state index in [0.29, 0.717) is 32.4 Å². The number of halogens is 2. The minimum absolute atomic E-state index is 0.0551. The smallest absolute Gasteiger partial charge is 0.266 e. The lowest BCUT2D eigenvalue weighted by Gasteiger charge is -2.18. The van der Waals surface area contributed by atoms with Gasteiger partial charge in [-0.15, -0.1) is 0 Å². The van der Waals surface area contributed by atoms with Gasteiger partial charge < -0.3 is 9.47 Å². The van der Waals surface area contributed by atoms with E-state index in [1.807, 2.05) is 36.4 Å². The second kappa shape index (κ2) is 9.71. The van der Waals surface area contributed by atoms with E-state index in [-0.39, 0.29) is 12.0 Å². The zero-order valence-electron chi connectivity index (χ0n) is 16.0. The van der Waals surface area contributed by atoms with Crippen LogP contribution in [-0.4, -0.2) is 34.4 Å². The average Bonchev–Trinajstić information content (AvgIpc) is 3.34. The van der Waals surface area contributed by atoms with E-state index in [2.05, 4.69) is 0 Å². The number of amides is 1. The maximum absolute atomic E-state index is 12.7. The zero-order valence-corrected chi connectivity index (χ0v) is 19.1. The summed E-state index contributed by atoms with van der Waals surface area (Å²) < 4.78 is 12.0. The molecule has 1 amide bonds. The molecule has 30 heavy (non-hydrogen) atoms. The van der Waals surface area contributed by atoms with Crippen LogP contribution in [0.15, 0.2) is 47.4 Å². The number of nitrogens with zero attached hydrogens (tertiary/aromatic N) is 1. The lowest BCUT2D eigenvalue weighted by molar-refractivity contribution is -0.123. The predicted octanol–water partition coefficient (Wildman–Crippen LogP) is 5.95. The predicted molar refractivity (Wildman–Crippen MR) is 126 cm³/mol. The first-order valence-corrected chi connectivity index (χ1v) is 11.5. The van der Waals surface area contributed by atoms with Crippen LogP contribution in [0, 0.1) is 0 Å². The monoisotopic (exact) mass is 479 g/mol. The molecule has 4 rings (SSSR count). The van der Waals surface area contributed by atoms with E-state index in [1.165, 1.54) is 11.8 Å². The van der Waals surface area contributed by atoms with Crippen molar-refractivity contribution in [2.24, 2.45) is 0 Å². The molecule has 0 bridgehead atoms. The molecule has 2 aliphatic heterocycles. The van der Waals surface area contributed by atoms with Crippen LogP contribution in [0.25, 0.3) is 6.08 Å². The summed E-state index contributed by atoms with van der Waals surface area (Å²) in [5.41, 5.74) is 1.85. The molecule has 156 valence electrons. The van der Waals surface area contributed by atoms with E-state index < -0.39 is 0 Å². The molecule has 0 radical (unpaired) electrons. The third-order valence-electron chi connectivity index (χ3n) is 4.85. The van der Waals surface area contributed by atoms with Crippen LogP contribution in [-0.2, 0) is 16.1 Å². The van der Waals surface area contributed by atoms with Gasteiger partial charge in [0.2, 0.25) is 0 Å². The van der Waals surface area contributed by atoms with Gasteiger partial charge in [0.25, 0.3) is 5.91 Å². The molecule has 2 heterocycles. The molecule has 2 aromatic rings. The first-order chi connectivity index (χ1) is 14.5. The number of rotatable bonds is 6. The fraction of sp³-hybridized carbons (Fsp3) is 0.273. The summed E-state index contributed by atoms with van der Waals surface area (Å²) in [6.45, 7) is 1.68. The number of carbonyl (C=O) groups excluding carboxylic acids is 1. The number of carbonyl (C=O) groups is 1. The highest BCUT2D eigenvalue weighted by molar-refractivity contribution is 8.26. The Morgan fingerprint density at radius 2 is 2.00 bits per heavy atom. The number of hydrogen-bond acceptors (Lipinski definition) is 5. The molecular formula is C22H19Cl2NO3S2. The van der Waals surface area contributed by atoms with Crippen molar-refractivity contribution in [2.75, 3.05) is 13.2 Å². The van der Waals surface area contributed by atoms with Gasteiger partial charge in [-0.05, 0) is 54.3 Å². The van der Waals surface area contributed by atoms with E-state index in [1.54, 1.807) is 17.0 Å². The quantitative estimate of drug-likeness (QED) is 0.377. The summed E-state index contributed by atoms with van der Waals surface area (Å²) in [7, 11) is 0. The second-order valence-electron chi connectivity index (χ2n) is 7.03. The molecule has 2 aliphatic rings. The van der Waals surface area contributed by atoms with Gasteiger partial charge in [0.15, 0.2) is 0 Å². The molecule has 0 saturated carbocycles. The highest BCUT2D eigenvalue weighted by Crippen LogP contribution is 2.33. The molecule has 2 saturated heterocycles. The zero-order chi connectivity index (χ0) is 21.1. The molecule has 8 heteroatoms. The van der Waals surface area contributed by atoms with E-state index in [4.69, 9.17) is 44.9 Å². The number of thiocarbonyl (C=S) groups is 1. The number of benzene rings is 2. The summed E-state index contributed by atoms with van der Waals surface area (Å²) in [4.78, 5) is 15.0. The normalized spacial score (nSPS) is 20.4. The van der Waals surface area contributed by atoms with Crippen LogP contribution in [0.5, 0.6) is 5.75 Å². The van der Waals surface area contributed by atoms with E-state index >= 15 is 0 Å². The average molecular weight is 480 g/mol. The molecule has 0 aromatic heterocycles. The van der Waals surface area contributed by atoms with Crippen LogP contribution >= 0.6 is 47.2 Å². The SMILES string of the molecule is O=C1/C(=C/c2ccc(OCc3ccc(Cl)c(Cl)c3)cc2)SC(=S)N1C[C@H]1CCCO1. The molecule has 2 aromatic carbocycles. The molecule has 0 unspecified atom stereocenters. The number of thioether (sulfide) groups is 1. The maximum Gasteiger partial charge on any atom is 0.266 e. The molecule has 4 nitrogen and oxygen atoms in total. The van der Waals surface area contributed by atoms with Crippen molar-refractivity contribution in [3.63, 3.8) is 0 Å². The molecule has 0 N–H and O–H groups in total. The Morgan fingerprint density at radius 3 is 2.70 bits per heavy atom. The Morgan fingerprint density at radius 1 is 1.20 bits per heavy atom. The Bertz CT molecular complexity index is 988. The van der Waals surface area contributed by atoms with Crippen molar-refractivity contribution in [3.8, 4) is 5.75 Å². The first-order valence-electron chi connectivity index (χ1n) is 9.53. The molecular weight excluding hydrogens is 461 g/mol. The largest absolute Gasteiger partial charge is 0.489 e. The Kier molecular flexibility index (Phi) is 7.01. The van der Waals surface area contributed by atoms with Gasteiger partial charge in [0, 0.05) is 6.61 Å². The molecule has 0 spiro atoms. The molecule has 1 atom stereocenters. The maximum atomic E-state index is 12.7. The fourth-order valence-corrected chi connectivity index (χ4v) is 4.85. The summed E-state index contributed by atoms with van der Waals surface area (Å²) >= 11 is 18.7. The van der Waals surface area contributed by atoms with Gasteiger partial charge >= 0.3 is 0 Å². The van der Waals surface area contributed by atoms with Crippen molar-refractivity contribution in [3.05, 3.63) is 68.5 Å². The third kappa shape index (κ3) is 5.18. The van der Waals surface area contributed by atoms with Crippen molar-refractivity contribution < 1.29 is 14.3 Å². The van der Waals surface area contributed by atoms with Gasteiger partial charge in [0.05, 0.1) is 27.6 Å². The highest BCUT2D eigenvalue weighted by atomic mass is 35.5. The summed E-state index contributed by atoms with van der Waals surface area (Å²) in [6.07, 6.45) is 3.95. The number of hydrogen-bond donors (Lipinski definition) is 0. The first kappa shape index (κ1) is 21.7. The van der Waals surface area contributed by atoms with Crippen LogP contribution in [0.1, 0.15) is 24.0 Å². The van der Waals surface area contributed by atoms with Crippen LogP contribution in [0.2, 0.25) is 10.0 Å². The number of ether oxygens (including phenoxy) is 2. The van der Waals surface area contributed by atoms with Crippen LogP contribution in [0.4, 0.5) is 0 Å². The minimum atomic E-state index is -0.0551. The van der Waals surface area contributed by atoms with Gasteiger partial charge in [-0.1, -0.05) is 65.4 Å². The lowest BCUT2D eigenvalue weighted by atomic mass is 10.2. The summed E-state index contributed by atoms with van der Waals surface area (Å²) in [6, 6.07) is 13.0. The topological polar surface area (TPSA) is 38.8 Å². The standard InChI is InChI=1S/C22H19Cl2NO3S2/c23-18-8-5-15(10-19(18)24)13-28-16-6-3-14(4-7-16)11-20-21(26)25(22(29)30-20)12-17-2-1-9-27-17/h3-8,10-11,17H,1-2,9,12-13H2/b20-11-/t17-/m1/s1. The minimum Gasteiger partial charge on any atom is -0.489 e. The van der Waals surface area contributed by atoms with Crippen molar-refractivity contribution >= 4 is 63.5 Å². The summed E-state index contributed by atoms with van der Waals surface area (Å²) in [5, 5.41) is 1.02. The lowest BCUT2D eigenvalue weighted by Crippen LogP contribution is -2.35. The molecule has 0 aliphatic carbocycles. The van der Waals surface area contributed by atoms with E-state index in [9.17, 15) is 4.79 Å². The van der Waals surface area contributed by atoms with Crippen molar-refractivity contribution in [1.29, 1.82) is 0 Å². The highest BCUT2D eigenvalue weighted by Gasteiger charge is 2.34. The van der Waals surface area contributed by atoms with Crippen LogP contribution in [0.3, 0.4) is 0 Å². The van der Waals surface area contributed by atoms with Crippen molar-refractivity contribution in [2.45, 2.75) is 25.6 Å². The van der Waals surface area contributed by atoms with Gasteiger partial charge in [-0.25, -0.2) is 0 Å². The van der Waals surface area contributed by atoms with Crippen molar-refractivity contribution in [1.82, 2.24) is 4.90 Å². The van der Waals surface area contributed by atoms with Gasteiger partial charge in [-0.2, -0.15) is 0 Å². The van der Waals surface area contributed by atoms with Gasteiger partial charge in [-0.3, -0.25) is 9.69 Å². The van der Waals surface area contributed by atoms with Crippen LogP contribution < -0.4 is 4.74 Å². The fourth-order valence-electron chi connectivity index (χ4n) is 3.26. The molecule has 2 fully saturated rings. The summed E-state index contributed by atoms with van der Waals surface area (Å²) in [5.74, 6) is 0.671. The second-order valence-corrected chi connectivity index (χ2v) is 9.52. The Balaban J connectivity index is 1.37. The Labute approximate surface area is 195 Å². The van der Waals surface area contributed by atoms with E-state index in [0.717, 1.165) is 36.3 Å².